The SMILES string of the molecule is COc1ccc(C2=C(C(=O)O)C3(CCCCC3)ON2)cc1OC1CCCC1. The van der Waals surface area contributed by atoms with Gasteiger partial charge in [-0.2, -0.15) is 0 Å². The maximum atomic E-state index is 12.1. The van der Waals surface area contributed by atoms with E-state index >= 15 is 0 Å². The Hall–Kier alpha value is -2.21. The first-order valence-corrected chi connectivity index (χ1v) is 9.90. The molecule has 1 aromatic carbocycles. The van der Waals surface area contributed by atoms with Gasteiger partial charge in [-0.3, -0.25) is 10.3 Å². The molecule has 0 aromatic heterocycles. The number of carbonyl (C=O) groups is 1. The molecule has 0 unspecified atom stereocenters. The second-order valence-electron chi connectivity index (χ2n) is 7.70. The molecule has 0 bridgehead atoms. The van der Waals surface area contributed by atoms with Gasteiger partial charge in [0, 0.05) is 5.56 Å². The third-order valence-electron chi connectivity index (χ3n) is 5.98. The average Bonchev–Trinajstić information content (AvgIpc) is 3.30. The number of carboxylic acids is 1. The van der Waals surface area contributed by atoms with Gasteiger partial charge in [-0.15, -0.1) is 0 Å². The molecule has 146 valence electrons. The van der Waals surface area contributed by atoms with Crippen LogP contribution in [-0.4, -0.2) is 29.9 Å². The lowest BCUT2D eigenvalue weighted by atomic mass is 9.78. The van der Waals surface area contributed by atoms with Crippen LogP contribution in [0.4, 0.5) is 0 Å². The van der Waals surface area contributed by atoms with Crippen LogP contribution in [0.5, 0.6) is 11.5 Å². The highest BCUT2D eigenvalue weighted by Gasteiger charge is 2.47. The number of rotatable bonds is 5. The van der Waals surface area contributed by atoms with E-state index in [1.165, 1.54) is 12.8 Å². The minimum absolute atomic E-state index is 0.194. The molecule has 0 atom stereocenters. The number of methoxy groups -OCH3 is 1. The Morgan fingerprint density at radius 2 is 1.89 bits per heavy atom. The fourth-order valence-corrected chi connectivity index (χ4v) is 4.57. The molecule has 1 aromatic rings. The van der Waals surface area contributed by atoms with Crippen LogP contribution in [0.1, 0.15) is 63.4 Å². The van der Waals surface area contributed by atoms with Crippen molar-refractivity contribution >= 4 is 11.7 Å². The van der Waals surface area contributed by atoms with E-state index in [9.17, 15) is 9.90 Å². The monoisotopic (exact) mass is 373 g/mol. The normalized spacial score (nSPS) is 22.1. The Labute approximate surface area is 159 Å². The van der Waals surface area contributed by atoms with Crippen LogP contribution in [0.3, 0.4) is 0 Å². The summed E-state index contributed by atoms with van der Waals surface area (Å²) in [4.78, 5) is 18.0. The minimum atomic E-state index is -0.925. The summed E-state index contributed by atoms with van der Waals surface area (Å²) < 4.78 is 11.6. The van der Waals surface area contributed by atoms with Crippen molar-refractivity contribution in [1.29, 1.82) is 0 Å². The molecule has 2 aliphatic carbocycles. The summed E-state index contributed by atoms with van der Waals surface area (Å²) in [6.45, 7) is 0. The fourth-order valence-electron chi connectivity index (χ4n) is 4.57. The molecule has 6 nitrogen and oxygen atoms in total. The molecule has 1 spiro atoms. The molecule has 2 saturated carbocycles. The molecule has 1 aliphatic heterocycles. The zero-order chi connectivity index (χ0) is 18.9. The maximum Gasteiger partial charge on any atom is 0.336 e. The van der Waals surface area contributed by atoms with E-state index in [1.54, 1.807) is 7.11 Å². The van der Waals surface area contributed by atoms with E-state index in [1.807, 2.05) is 18.2 Å². The molecule has 2 fully saturated rings. The lowest BCUT2D eigenvalue weighted by Crippen LogP contribution is -2.37. The summed E-state index contributed by atoms with van der Waals surface area (Å²) in [7, 11) is 1.62. The first-order chi connectivity index (χ1) is 13.1. The predicted octanol–water partition coefficient (Wildman–Crippen LogP) is 4.05. The van der Waals surface area contributed by atoms with Gasteiger partial charge in [0.1, 0.15) is 5.60 Å². The van der Waals surface area contributed by atoms with E-state index in [-0.39, 0.29) is 6.10 Å². The van der Waals surface area contributed by atoms with Crippen molar-refractivity contribution in [3.8, 4) is 11.5 Å². The van der Waals surface area contributed by atoms with Gasteiger partial charge in [-0.05, 0) is 56.7 Å². The van der Waals surface area contributed by atoms with Gasteiger partial charge in [0.2, 0.25) is 0 Å². The molecule has 6 heteroatoms. The van der Waals surface area contributed by atoms with Gasteiger partial charge in [0.15, 0.2) is 11.5 Å². The van der Waals surface area contributed by atoms with Crippen molar-refractivity contribution < 1.29 is 24.2 Å². The Balaban J connectivity index is 1.71. The number of benzene rings is 1. The minimum Gasteiger partial charge on any atom is -0.493 e. The molecular weight excluding hydrogens is 346 g/mol. The first kappa shape index (κ1) is 18.2. The van der Waals surface area contributed by atoms with Crippen LogP contribution in [0.15, 0.2) is 23.8 Å². The Morgan fingerprint density at radius 1 is 1.15 bits per heavy atom. The number of hydrogen-bond donors (Lipinski definition) is 2. The van der Waals surface area contributed by atoms with E-state index < -0.39 is 11.6 Å². The Kier molecular flexibility index (Phi) is 5.00. The van der Waals surface area contributed by atoms with Crippen molar-refractivity contribution in [2.75, 3.05) is 7.11 Å². The van der Waals surface area contributed by atoms with E-state index in [2.05, 4.69) is 5.48 Å². The molecule has 2 N–H and O–H groups in total. The van der Waals surface area contributed by atoms with E-state index in [0.717, 1.165) is 50.5 Å². The van der Waals surface area contributed by atoms with Crippen LogP contribution in [0, 0.1) is 0 Å². The van der Waals surface area contributed by atoms with E-state index in [0.29, 0.717) is 22.8 Å². The molecule has 0 saturated heterocycles. The molecule has 0 amide bonds. The summed E-state index contributed by atoms with van der Waals surface area (Å²) >= 11 is 0. The van der Waals surface area contributed by atoms with Gasteiger partial charge < -0.3 is 14.6 Å². The zero-order valence-electron chi connectivity index (χ0n) is 15.8. The molecule has 27 heavy (non-hydrogen) atoms. The molecule has 0 radical (unpaired) electrons. The summed E-state index contributed by atoms with van der Waals surface area (Å²) in [6.07, 6.45) is 9.17. The summed E-state index contributed by atoms with van der Waals surface area (Å²) in [5, 5.41) is 9.93. The number of nitrogens with one attached hydrogen (secondary N) is 1. The summed E-state index contributed by atoms with van der Waals surface area (Å²) in [6, 6.07) is 5.56. The summed E-state index contributed by atoms with van der Waals surface area (Å²) in [5.41, 5.74) is 3.81. The number of hydrogen-bond acceptors (Lipinski definition) is 5. The van der Waals surface area contributed by atoms with Crippen LogP contribution < -0.4 is 15.0 Å². The third kappa shape index (κ3) is 3.38. The van der Waals surface area contributed by atoms with Crippen LogP contribution in [0.2, 0.25) is 0 Å². The van der Waals surface area contributed by atoms with E-state index in [4.69, 9.17) is 14.3 Å². The largest absolute Gasteiger partial charge is 0.493 e. The van der Waals surface area contributed by atoms with Crippen molar-refractivity contribution in [2.45, 2.75) is 69.5 Å². The van der Waals surface area contributed by atoms with Crippen LogP contribution >= 0.6 is 0 Å². The standard InChI is InChI=1S/C21H27NO5/c1-25-16-10-9-14(13-17(16)26-15-7-3-4-8-15)19-18(20(23)24)21(27-22-19)11-5-2-6-12-21/h9-10,13,15,22H,2-8,11-12H2,1H3,(H,23,24). The highest BCUT2D eigenvalue weighted by molar-refractivity contribution is 5.99. The zero-order valence-corrected chi connectivity index (χ0v) is 15.8. The lowest BCUT2D eigenvalue weighted by molar-refractivity contribution is -0.137. The quantitative estimate of drug-likeness (QED) is 0.811. The van der Waals surface area contributed by atoms with Gasteiger partial charge in [-0.25, -0.2) is 4.79 Å². The maximum absolute atomic E-state index is 12.1. The smallest absolute Gasteiger partial charge is 0.336 e. The fraction of sp³-hybridized carbons (Fsp3) is 0.571. The van der Waals surface area contributed by atoms with Crippen molar-refractivity contribution in [3.05, 3.63) is 29.3 Å². The third-order valence-corrected chi connectivity index (χ3v) is 5.98. The number of hydroxylamine groups is 1. The van der Waals surface area contributed by atoms with Crippen molar-refractivity contribution in [2.24, 2.45) is 0 Å². The van der Waals surface area contributed by atoms with Gasteiger partial charge in [0.05, 0.1) is 24.5 Å². The lowest BCUT2D eigenvalue weighted by Gasteiger charge is -2.31. The first-order valence-electron chi connectivity index (χ1n) is 9.90. The highest BCUT2D eigenvalue weighted by atomic mass is 16.7. The average molecular weight is 373 g/mol. The van der Waals surface area contributed by atoms with Gasteiger partial charge in [-0.1, -0.05) is 19.3 Å². The Bertz CT molecular complexity index is 745. The number of carboxylic acid groups (broad SMARTS) is 1. The molecule has 4 rings (SSSR count). The molecule has 1 heterocycles. The predicted molar refractivity (Wildman–Crippen MR) is 100 cm³/mol. The van der Waals surface area contributed by atoms with Crippen molar-refractivity contribution in [1.82, 2.24) is 5.48 Å². The molecular formula is C21H27NO5. The van der Waals surface area contributed by atoms with Crippen LogP contribution in [0.25, 0.3) is 5.70 Å². The van der Waals surface area contributed by atoms with Gasteiger partial charge in [0.25, 0.3) is 0 Å². The topological polar surface area (TPSA) is 77.0 Å². The van der Waals surface area contributed by atoms with Crippen molar-refractivity contribution in [3.63, 3.8) is 0 Å². The molecule has 3 aliphatic rings. The van der Waals surface area contributed by atoms with Gasteiger partial charge >= 0.3 is 5.97 Å². The summed E-state index contributed by atoms with van der Waals surface area (Å²) in [5.74, 6) is 0.394. The number of aliphatic carboxylic acids is 1. The second-order valence-corrected chi connectivity index (χ2v) is 7.70. The van der Waals surface area contributed by atoms with Crippen LogP contribution in [-0.2, 0) is 9.63 Å². The Morgan fingerprint density at radius 3 is 2.56 bits per heavy atom. The highest BCUT2D eigenvalue weighted by Crippen LogP contribution is 2.45. The second kappa shape index (κ2) is 7.43. The number of ether oxygens (including phenoxy) is 2.